The van der Waals surface area contributed by atoms with E-state index in [1.54, 1.807) is 13.2 Å². The smallest absolute Gasteiger partial charge is 0.255 e. The molecule has 1 N–H and O–H groups in total. The zero-order valence-corrected chi connectivity index (χ0v) is 14.7. The van der Waals surface area contributed by atoms with Crippen LogP contribution in [0.15, 0.2) is 23.1 Å². The van der Waals surface area contributed by atoms with Gasteiger partial charge in [0, 0.05) is 32.5 Å². The number of H-pyrrole nitrogens is 1. The first kappa shape index (κ1) is 16.8. The number of carbonyl (C=O) groups excluding carboxylic acids is 1. The van der Waals surface area contributed by atoms with E-state index in [0.717, 1.165) is 38.2 Å². The van der Waals surface area contributed by atoms with Crippen LogP contribution >= 0.6 is 0 Å². The van der Waals surface area contributed by atoms with Crippen molar-refractivity contribution in [2.24, 2.45) is 5.92 Å². The van der Waals surface area contributed by atoms with Crippen molar-refractivity contribution in [3.63, 3.8) is 0 Å². The summed E-state index contributed by atoms with van der Waals surface area (Å²) in [6, 6.07) is 3.03. The van der Waals surface area contributed by atoms with Crippen molar-refractivity contribution in [3.8, 4) is 0 Å². The van der Waals surface area contributed by atoms with Crippen molar-refractivity contribution < 1.29 is 14.3 Å². The van der Waals surface area contributed by atoms with E-state index in [2.05, 4.69) is 4.98 Å². The fourth-order valence-electron chi connectivity index (χ4n) is 4.32. The molecule has 0 unspecified atom stereocenters. The first-order valence-corrected chi connectivity index (χ1v) is 9.28. The number of fused-ring (bicyclic) bond motifs is 1. The van der Waals surface area contributed by atoms with E-state index < -0.39 is 0 Å². The van der Waals surface area contributed by atoms with Crippen molar-refractivity contribution in [2.45, 2.75) is 56.3 Å². The molecule has 0 spiro atoms. The molecule has 0 aromatic carbocycles. The lowest BCUT2D eigenvalue weighted by atomic mass is 9.79. The van der Waals surface area contributed by atoms with E-state index in [1.807, 2.05) is 4.90 Å². The maximum atomic E-state index is 13.0. The van der Waals surface area contributed by atoms with Gasteiger partial charge in [0.1, 0.15) is 0 Å². The first-order valence-electron chi connectivity index (χ1n) is 9.28. The Balaban J connectivity index is 1.50. The monoisotopic (exact) mass is 346 g/mol. The quantitative estimate of drug-likeness (QED) is 0.885. The molecule has 0 bridgehead atoms. The first-order chi connectivity index (χ1) is 12.1. The highest BCUT2D eigenvalue weighted by Crippen LogP contribution is 2.44. The molecule has 0 radical (unpaired) electrons. The Labute approximate surface area is 147 Å². The van der Waals surface area contributed by atoms with Crippen LogP contribution in [0.2, 0.25) is 0 Å². The number of rotatable bonds is 5. The molecule has 6 nitrogen and oxygen atoms in total. The molecule has 2 saturated carbocycles. The van der Waals surface area contributed by atoms with Gasteiger partial charge in [-0.25, -0.2) is 0 Å². The lowest BCUT2D eigenvalue weighted by molar-refractivity contribution is -0.0977. The van der Waals surface area contributed by atoms with Crippen molar-refractivity contribution >= 4 is 5.91 Å². The van der Waals surface area contributed by atoms with Crippen molar-refractivity contribution in [3.05, 3.63) is 34.2 Å². The Morgan fingerprint density at radius 3 is 2.84 bits per heavy atom. The van der Waals surface area contributed by atoms with Crippen molar-refractivity contribution in [1.29, 1.82) is 0 Å². The number of amides is 1. The fraction of sp³-hybridized carbons (Fsp3) is 0.684. The summed E-state index contributed by atoms with van der Waals surface area (Å²) in [6.07, 6.45) is 7.90. The molecule has 6 heteroatoms. The average Bonchev–Trinajstić information content (AvgIpc) is 3.39. The molecule has 3 atom stereocenters. The van der Waals surface area contributed by atoms with Gasteiger partial charge < -0.3 is 19.4 Å². The molecule has 2 heterocycles. The molecule has 3 aliphatic rings. The molecular formula is C19H26N2O4. The number of carbonyl (C=O) groups is 1. The number of ether oxygens (including phenoxy) is 2. The van der Waals surface area contributed by atoms with Gasteiger partial charge in [-0.05, 0) is 50.5 Å². The molecule has 25 heavy (non-hydrogen) atoms. The van der Waals surface area contributed by atoms with Gasteiger partial charge in [0.05, 0.1) is 23.3 Å². The summed E-state index contributed by atoms with van der Waals surface area (Å²) in [7, 11) is 1.76. The lowest BCUT2D eigenvalue weighted by Gasteiger charge is -2.43. The van der Waals surface area contributed by atoms with Gasteiger partial charge in [-0.15, -0.1) is 0 Å². The van der Waals surface area contributed by atoms with Crippen molar-refractivity contribution in [1.82, 2.24) is 9.88 Å². The summed E-state index contributed by atoms with van der Waals surface area (Å²) >= 11 is 0. The van der Waals surface area contributed by atoms with Gasteiger partial charge in [-0.1, -0.05) is 0 Å². The fourth-order valence-corrected chi connectivity index (χ4v) is 4.32. The van der Waals surface area contributed by atoms with Crippen LogP contribution in [-0.4, -0.2) is 53.8 Å². The van der Waals surface area contributed by atoms with Crippen LogP contribution in [0.5, 0.6) is 0 Å². The van der Waals surface area contributed by atoms with Crippen LogP contribution in [-0.2, 0) is 9.47 Å². The maximum Gasteiger partial charge on any atom is 0.255 e. The van der Waals surface area contributed by atoms with Gasteiger partial charge in [0.2, 0.25) is 5.56 Å². The Kier molecular flexibility index (Phi) is 4.41. The van der Waals surface area contributed by atoms with Crippen LogP contribution in [0.25, 0.3) is 0 Å². The predicted molar refractivity (Wildman–Crippen MR) is 92.6 cm³/mol. The third kappa shape index (κ3) is 3.25. The number of hydrogen-bond acceptors (Lipinski definition) is 4. The molecular weight excluding hydrogens is 320 g/mol. The Morgan fingerprint density at radius 2 is 2.16 bits per heavy atom. The minimum Gasteiger partial charge on any atom is -0.378 e. The lowest BCUT2D eigenvalue weighted by Crippen LogP contribution is -2.53. The van der Waals surface area contributed by atoms with E-state index in [9.17, 15) is 9.59 Å². The molecule has 3 fully saturated rings. The van der Waals surface area contributed by atoms with Gasteiger partial charge >= 0.3 is 0 Å². The SMILES string of the molecule is CO[C@@]12CC[C@H](OCC3CC3)C[C@@H]1N(C(=O)c1ccc(=O)[nH]c1)CC2. The second kappa shape index (κ2) is 6.57. The number of nitrogens with one attached hydrogen (secondary N) is 1. The summed E-state index contributed by atoms with van der Waals surface area (Å²) in [5.41, 5.74) is 0.0695. The minimum atomic E-state index is -0.253. The zero-order chi connectivity index (χ0) is 17.4. The number of nitrogens with zero attached hydrogens (tertiary/aromatic N) is 1. The van der Waals surface area contributed by atoms with E-state index >= 15 is 0 Å². The number of aromatic amines is 1. The molecule has 1 aliphatic heterocycles. The molecule has 136 valence electrons. The van der Waals surface area contributed by atoms with Gasteiger partial charge in [0.15, 0.2) is 0 Å². The zero-order valence-electron chi connectivity index (χ0n) is 14.7. The number of pyridine rings is 1. The minimum absolute atomic E-state index is 0.0369. The van der Waals surface area contributed by atoms with Crippen LogP contribution < -0.4 is 5.56 Å². The second-order valence-corrected chi connectivity index (χ2v) is 7.65. The molecule has 1 aromatic heterocycles. The van der Waals surface area contributed by atoms with Crippen LogP contribution in [0.3, 0.4) is 0 Å². The number of hydrogen-bond donors (Lipinski definition) is 1. The summed E-state index contributed by atoms with van der Waals surface area (Å²) in [4.78, 5) is 28.7. The summed E-state index contributed by atoms with van der Waals surface area (Å²) in [5, 5.41) is 0. The summed E-state index contributed by atoms with van der Waals surface area (Å²) in [5.74, 6) is 0.708. The summed E-state index contributed by atoms with van der Waals surface area (Å²) < 4.78 is 12.0. The largest absolute Gasteiger partial charge is 0.378 e. The highest BCUT2D eigenvalue weighted by molar-refractivity contribution is 5.94. The van der Waals surface area contributed by atoms with Gasteiger partial charge in [-0.3, -0.25) is 9.59 Å². The van der Waals surface area contributed by atoms with Crippen LogP contribution in [0.4, 0.5) is 0 Å². The van der Waals surface area contributed by atoms with E-state index in [-0.39, 0.29) is 29.2 Å². The van der Waals surface area contributed by atoms with Gasteiger partial charge in [0.25, 0.3) is 5.91 Å². The average molecular weight is 346 g/mol. The molecule has 2 aliphatic carbocycles. The Morgan fingerprint density at radius 1 is 1.32 bits per heavy atom. The summed E-state index contributed by atoms with van der Waals surface area (Å²) in [6.45, 7) is 1.54. The third-order valence-corrected chi connectivity index (χ3v) is 6.10. The topological polar surface area (TPSA) is 71.6 Å². The van der Waals surface area contributed by atoms with Crippen LogP contribution in [0.1, 0.15) is 48.9 Å². The molecule has 1 saturated heterocycles. The Hall–Kier alpha value is -1.66. The van der Waals surface area contributed by atoms with E-state index in [1.165, 1.54) is 25.1 Å². The standard InChI is InChI=1S/C19H26N2O4/c1-24-19-7-6-15(25-12-13-2-3-13)10-16(19)21(9-8-19)18(23)14-4-5-17(22)20-11-14/h4-5,11,13,15-16H,2-3,6-10,12H2,1H3,(H,20,22)/t15-,16-,19+/m0/s1. The number of methoxy groups -OCH3 is 1. The van der Waals surface area contributed by atoms with E-state index in [0.29, 0.717) is 12.1 Å². The predicted octanol–water partition coefficient (Wildman–Crippen LogP) is 1.95. The molecule has 4 rings (SSSR count). The Bertz CT molecular complexity index is 678. The highest BCUT2D eigenvalue weighted by Gasteiger charge is 2.52. The van der Waals surface area contributed by atoms with Crippen molar-refractivity contribution in [2.75, 3.05) is 20.3 Å². The van der Waals surface area contributed by atoms with Crippen LogP contribution in [0, 0.1) is 5.92 Å². The highest BCUT2D eigenvalue weighted by atomic mass is 16.5. The molecule has 1 amide bonds. The van der Waals surface area contributed by atoms with Gasteiger partial charge in [-0.2, -0.15) is 0 Å². The normalized spacial score (nSPS) is 31.8. The third-order valence-electron chi connectivity index (χ3n) is 6.10. The molecule has 1 aromatic rings. The van der Waals surface area contributed by atoms with E-state index in [4.69, 9.17) is 9.47 Å². The second-order valence-electron chi connectivity index (χ2n) is 7.65. The number of aromatic nitrogens is 1. The number of likely N-dealkylation sites (tertiary alicyclic amines) is 1. The maximum absolute atomic E-state index is 13.0.